The molecular formula is C25H24N4O4S. The number of methoxy groups -OCH3 is 1. The topological polar surface area (TPSA) is 109 Å². The highest BCUT2D eigenvalue weighted by Gasteiger charge is 2.11. The van der Waals surface area contributed by atoms with Crippen molar-refractivity contribution in [2.45, 2.75) is 13.3 Å². The molecule has 0 unspecified atom stereocenters. The van der Waals surface area contributed by atoms with E-state index >= 15 is 0 Å². The average molecular weight is 477 g/mol. The minimum Gasteiger partial charge on any atom is -0.497 e. The van der Waals surface area contributed by atoms with Crippen LogP contribution in [0.15, 0.2) is 72.8 Å². The average Bonchev–Trinajstić information content (AvgIpc) is 2.83. The van der Waals surface area contributed by atoms with Gasteiger partial charge in [-0.1, -0.05) is 30.3 Å². The molecule has 8 nitrogen and oxygen atoms in total. The molecule has 3 aromatic rings. The van der Waals surface area contributed by atoms with Gasteiger partial charge in [0.05, 0.1) is 13.5 Å². The molecule has 0 bridgehead atoms. The Bertz CT molecular complexity index is 1190. The van der Waals surface area contributed by atoms with Crippen LogP contribution in [0.1, 0.15) is 31.8 Å². The first-order valence-electron chi connectivity index (χ1n) is 10.4. The summed E-state index contributed by atoms with van der Waals surface area (Å²) in [6.45, 7) is 1.86. The SMILES string of the molecule is COc1ccc(CC(=O)NC(=S)NNC(=O)c2ccc(NC(=O)c3ccccc3C)cc2)cc1. The molecule has 174 valence electrons. The number of ether oxygens (including phenoxy) is 1. The first-order chi connectivity index (χ1) is 16.4. The van der Waals surface area contributed by atoms with Gasteiger partial charge in [0.2, 0.25) is 5.91 Å². The second kappa shape index (κ2) is 11.6. The predicted octanol–water partition coefficient (Wildman–Crippen LogP) is 3.13. The van der Waals surface area contributed by atoms with E-state index in [0.717, 1.165) is 11.1 Å². The molecule has 0 saturated heterocycles. The standard InChI is InChI=1S/C25H24N4O4S/c1-16-5-3-4-6-21(16)24(32)26-19-11-9-18(10-12-19)23(31)28-29-25(34)27-22(30)15-17-7-13-20(33-2)14-8-17/h3-14H,15H2,1-2H3,(H,26,32)(H,28,31)(H2,27,29,30,34). The molecule has 0 radical (unpaired) electrons. The fourth-order valence-electron chi connectivity index (χ4n) is 3.05. The molecule has 0 atom stereocenters. The molecule has 9 heteroatoms. The third-order valence-electron chi connectivity index (χ3n) is 4.86. The van der Waals surface area contributed by atoms with Gasteiger partial charge in [0, 0.05) is 16.8 Å². The maximum atomic E-state index is 12.4. The fourth-order valence-corrected chi connectivity index (χ4v) is 3.21. The first-order valence-corrected chi connectivity index (χ1v) is 10.8. The quantitative estimate of drug-likeness (QED) is 0.322. The van der Waals surface area contributed by atoms with Gasteiger partial charge in [0.15, 0.2) is 5.11 Å². The van der Waals surface area contributed by atoms with Gasteiger partial charge in [-0.15, -0.1) is 0 Å². The van der Waals surface area contributed by atoms with E-state index in [1.807, 2.05) is 19.1 Å². The van der Waals surface area contributed by atoms with Crippen LogP contribution in [0.3, 0.4) is 0 Å². The smallest absolute Gasteiger partial charge is 0.269 e. The van der Waals surface area contributed by atoms with Crippen LogP contribution in [0.4, 0.5) is 5.69 Å². The highest BCUT2D eigenvalue weighted by atomic mass is 32.1. The van der Waals surface area contributed by atoms with Crippen LogP contribution in [0.25, 0.3) is 0 Å². The number of carbonyl (C=O) groups is 3. The molecule has 0 aliphatic rings. The van der Waals surface area contributed by atoms with Crippen molar-refractivity contribution in [1.29, 1.82) is 0 Å². The molecule has 3 rings (SSSR count). The zero-order chi connectivity index (χ0) is 24.5. The van der Waals surface area contributed by atoms with E-state index in [2.05, 4.69) is 21.5 Å². The van der Waals surface area contributed by atoms with E-state index < -0.39 is 5.91 Å². The van der Waals surface area contributed by atoms with Crippen LogP contribution in [-0.2, 0) is 11.2 Å². The Morgan fingerprint density at radius 3 is 2.18 bits per heavy atom. The normalized spacial score (nSPS) is 10.1. The number of thiocarbonyl (C=S) groups is 1. The van der Waals surface area contributed by atoms with Crippen LogP contribution < -0.4 is 26.2 Å². The number of anilines is 1. The van der Waals surface area contributed by atoms with Crippen LogP contribution in [0.5, 0.6) is 5.75 Å². The molecule has 0 aliphatic carbocycles. The largest absolute Gasteiger partial charge is 0.497 e. The van der Waals surface area contributed by atoms with Crippen LogP contribution >= 0.6 is 12.2 Å². The van der Waals surface area contributed by atoms with Crippen molar-refractivity contribution in [1.82, 2.24) is 16.2 Å². The summed E-state index contributed by atoms with van der Waals surface area (Å²) in [7, 11) is 1.57. The molecule has 0 saturated carbocycles. The second-order valence-corrected chi connectivity index (χ2v) is 7.74. The van der Waals surface area contributed by atoms with Gasteiger partial charge in [-0.05, 0) is 72.7 Å². The molecule has 3 aromatic carbocycles. The molecule has 34 heavy (non-hydrogen) atoms. The summed E-state index contributed by atoms with van der Waals surface area (Å²) in [4.78, 5) is 36.9. The number of aryl methyl sites for hydroxylation is 1. The molecule has 0 fully saturated rings. The number of hydrogen-bond donors (Lipinski definition) is 4. The zero-order valence-corrected chi connectivity index (χ0v) is 19.5. The molecule has 4 N–H and O–H groups in total. The molecule has 0 spiro atoms. The number of benzene rings is 3. The Hall–Kier alpha value is -4.24. The maximum Gasteiger partial charge on any atom is 0.269 e. The zero-order valence-electron chi connectivity index (χ0n) is 18.7. The molecule has 0 aliphatic heterocycles. The summed E-state index contributed by atoms with van der Waals surface area (Å²) < 4.78 is 5.09. The number of carbonyl (C=O) groups excluding carboxylic acids is 3. The highest BCUT2D eigenvalue weighted by molar-refractivity contribution is 7.80. The lowest BCUT2D eigenvalue weighted by atomic mass is 10.1. The third kappa shape index (κ3) is 6.88. The van der Waals surface area contributed by atoms with Crippen molar-refractivity contribution in [3.8, 4) is 5.75 Å². The van der Waals surface area contributed by atoms with Crippen LogP contribution in [0.2, 0.25) is 0 Å². The van der Waals surface area contributed by atoms with Crippen molar-refractivity contribution >= 4 is 40.7 Å². The van der Waals surface area contributed by atoms with E-state index in [1.165, 1.54) is 0 Å². The molecule has 3 amide bonds. The summed E-state index contributed by atoms with van der Waals surface area (Å²) >= 11 is 5.05. The van der Waals surface area contributed by atoms with Gasteiger partial charge in [-0.3, -0.25) is 25.2 Å². The summed E-state index contributed by atoms with van der Waals surface area (Å²) in [6, 6.07) is 20.7. The summed E-state index contributed by atoms with van der Waals surface area (Å²) in [5.41, 5.74) is 8.07. The maximum absolute atomic E-state index is 12.4. The van der Waals surface area contributed by atoms with E-state index in [4.69, 9.17) is 17.0 Å². The van der Waals surface area contributed by atoms with Crippen molar-refractivity contribution in [2.75, 3.05) is 12.4 Å². The Balaban J connectivity index is 1.45. The minimum atomic E-state index is -0.455. The summed E-state index contributed by atoms with van der Waals surface area (Å²) in [5, 5.41) is 5.27. The Morgan fingerprint density at radius 2 is 1.53 bits per heavy atom. The van der Waals surface area contributed by atoms with E-state index in [9.17, 15) is 14.4 Å². The summed E-state index contributed by atoms with van der Waals surface area (Å²) in [5.74, 6) is -0.312. The fraction of sp³-hybridized carbons (Fsp3) is 0.120. The number of hydrazine groups is 1. The Morgan fingerprint density at radius 1 is 0.853 bits per heavy atom. The van der Waals surface area contributed by atoms with E-state index in [0.29, 0.717) is 22.6 Å². The summed E-state index contributed by atoms with van der Waals surface area (Å²) in [6.07, 6.45) is 0.120. The van der Waals surface area contributed by atoms with Crippen molar-refractivity contribution < 1.29 is 19.1 Å². The van der Waals surface area contributed by atoms with Gasteiger partial charge in [-0.2, -0.15) is 0 Å². The number of rotatable bonds is 6. The molecular weight excluding hydrogens is 452 g/mol. The van der Waals surface area contributed by atoms with Crippen LogP contribution in [-0.4, -0.2) is 29.9 Å². The number of amides is 3. The van der Waals surface area contributed by atoms with Gasteiger partial charge < -0.3 is 15.4 Å². The van der Waals surface area contributed by atoms with Crippen molar-refractivity contribution in [3.05, 3.63) is 95.1 Å². The van der Waals surface area contributed by atoms with E-state index in [1.54, 1.807) is 67.8 Å². The van der Waals surface area contributed by atoms with Gasteiger partial charge >= 0.3 is 0 Å². The number of hydrogen-bond acceptors (Lipinski definition) is 5. The Kier molecular flexibility index (Phi) is 8.31. The molecule has 0 aromatic heterocycles. The van der Waals surface area contributed by atoms with Gasteiger partial charge in [-0.25, -0.2) is 0 Å². The highest BCUT2D eigenvalue weighted by Crippen LogP contribution is 2.14. The predicted molar refractivity (Wildman–Crippen MR) is 134 cm³/mol. The number of nitrogens with one attached hydrogen (secondary N) is 4. The monoisotopic (exact) mass is 476 g/mol. The lowest BCUT2D eigenvalue weighted by Crippen LogP contribution is -2.48. The third-order valence-corrected chi connectivity index (χ3v) is 5.07. The lowest BCUT2D eigenvalue weighted by molar-refractivity contribution is -0.119. The van der Waals surface area contributed by atoms with Crippen molar-refractivity contribution in [2.24, 2.45) is 0 Å². The van der Waals surface area contributed by atoms with E-state index in [-0.39, 0.29) is 23.3 Å². The second-order valence-electron chi connectivity index (χ2n) is 7.33. The minimum absolute atomic E-state index is 0.0334. The van der Waals surface area contributed by atoms with Gasteiger partial charge in [0.25, 0.3) is 11.8 Å². The lowest BCUT2D eigenvalue weighted by Gasteiger charge is -2.12. The van der Waals surface area contributed by atoms with Crippen LogP contribution in [0, 0.1) is 6.92 Å². The van der Waals surface area contributed by atoms with Gasteiger partial charge in [0.1, 0.15) is 5.75 Å². The molecule has 0 heterocycles. The van der Waals surface area contributed by atoms with Crippen molar-refractivity contribution in [3.63, 3.8) is 0 Å². The first kappa shape index (κ1) is 24.4. The Labute approximate surface area is 202 Å².